The Balaban J connectivity index is 0.000000300. The number of phenols is 2. The van der Waals surface area contributed by atoms with Gasteiger partial charge >= 0.3 is 23.9 Å². The number of aromatic carboxylic acids is 2. The molecule has 0 amide bonds. The second-order valence-electron chi connectivity index (χ2n) is 7.94. The van der Waals surface area contributed by atoms with Crippen molar-refractivity contribution in [1.29, 1.82) is 0 Å². The van der Waals surface area contributed by atoms with Crippen LogP contribution in [-0.2, 0) is 22.4 Å². The Hall–Kier alpha value is -5.38. The third-order valence-corrected chi connectivity index (χ3v) is 5.26. The normalized spacial score (nSPS) is 10.2. The lowest BCUT2D eigenvalue weighted by Gasteiger charge is -2.03. The van der Waals surface area contributed by atoms with Crippen LogP contribution in [0.15, 0.2) is 72.8 Å². The summed E-state index contributed by atoms with van der Waals surface area (Å²) in [5.74, 6) is -6.12. The molecule has 0 atom stereocenters. The minimum Gasteiger partial charge on any atom is -0.507 e. The van der Waals surface area contributed by atoms with Crippen LogP contribution < -0.4 is 0 Å². The van der Waals surface area contributed by atoms with E-state index in [9.17, 15) is 19.2 Å². The molecule has 40 heavy (non-hydrogen) atoms. The van der Waals surface area contributed by atoms with E-state index in [1.165, 1.54) is 11.1 Å². The fourth-order valence-electron chi connectivity index (χ4n) is 3.28. The number of benzene rings is 3. The third-order valence-electron chi connectivity index (χ3n) is 5.26. The predicted molar refractivity (Wildman–Crippen MR) is 149 cm³/mol. The van der Waals surface area contributed by atoms with Crippen molar-refractivity contribution in [2.45, 2.75) is 26.7 Å². The zero-order chi connectivity index (χ0) is 30.2. The number of aliphatic carboxylic acids is 2. The summed E-state index contributed by atoms with van der Waals surface area (Å²) in [5.41, 5.74) is 3.19. The van der Waals surface area contributed by atoms with Crippen molar-refractivity contribution in [2.75, 3.05) is 0 Å². The monoisotopic (exact) mass is 550 g/mol. The molecule has 0 aliphatic heterocycles. The van der Waals surface area contributed by atoms with Crippen molar-refractivity contribution in [3.8, 4) is 11.5 Å². The molecular weight excluding hydrogens is 520 g/mol. The zero-order valence-electron chi connectivity index (χ0n) is 21.8. The number of carboxylic acid groups (broad SMARTS) is 4. The van der Waals surface area contributed by atoms with E-state index in [1.54, 1.807) is 12.2 Å². The Morgan fingerprint density at radius 1 is 0.600 bits per heavy atom. The second-order valence-corrected chi connectivity index (χ2v) is 7.94. The average molecular weight is 551 g/mol. The summed E-state index contributed by atoms with van der Waals surface area (Å²) in [6, 6.07) is 16.9. The molecule has 0 bridgehead atoms. The van der Waals surface area contributed by atoms with Gasteiger partial charge in [0.05, 0.1) is 0 Å². The molecule has 0 unspecified atom stereocenters. The first kappa shape index (κ1) is 32.6. The highest BCUT2D eigenvalue weighted by Gasteiger charge is 2.17. The molecule has 0 aliphatic carbocycles. The van der Waals surface area contributed by atoms with Crippen LogP contribution in [0.3, 0.4) is 0 Å². The van der Waals surface area contributed by atoms with Crippen molar-refractivity contribution < 1.29 is 49.8 Å². The molecule has 0 saturated carbocycles. The highest BCUT2D eigenvalue weighted by molar-refractivity contribution is 5.96. The second kappa shape index (κ2) is 16.5. The Bertz CT molecular complexity index is 1300. The Morgan fingerprint density at radius 2 is 0.925 bits per heavy atom. The summed E-state index contributed by atoms with van der Waals surface area (Å²) in [4.78, 5) is 41.4. The molecule has 0 spiro atoms. The number of carbonyl (C=O) groups is 4. The van der Waals surface area contributed by atoms with Crippen molar-refractivity contribution in [3.05, 3.63) is 106 Å². The van der Waals surface area contributed by atoms with Gasteiger partial charge in [-0.25, -0.2) is 19.2 Å². The predicted octanol–water partition coefficient (Wildman–Crippen LogP) is 5.19. The van der Waals surface area contributed by atoms with Crippen LogP contribution in [0.2, 0.25) is 0 Å². The van der Waals surface area contributed by atoms with E-state index < -0.39 is 46.5 Å². The Kier molecular flexibility index (Phi) is 13.4. The lowest BCUT2D eigenvalue weighted by molar-refractivity contribution is -0.132. The minimum absolute atomic E-state index is 0.549. The van der Waals surface area contributed by atoms with E-state index in [2.05, 4.69) is 0 Å². The maximum Gasteiger partial charge on any atom is 0.339 e. The largest absolute Gasteiger partial charge is 0.507 e. The summed E-state index contributed by atoms with van der Waals surface area (Å²) in [7, 11) is 0. The lowest BCUT2D eigenvalue weighted by Crippen LogP contribution is -2.01. The average Bonchev–Trinajstić information content (AvgIpc) is 2.92. The number of hydrogen-bond acceptors (Lipinski definition) is 6. The molecule has 0 aliphatic rings. The molecule has 6 N–H and O–H groups in total. The highest BCUT2D eigenvalue weighted by atomic mass is 16.4. The summed E-state index contributed by atoms with van der Waals surface area (Å²) >= 11 is 0. The molecule has 3 aromatic rings. The molecule has 3 aromatic carbocycles. The number of aryl methyl sites for hydroxylation is 2. The molecule has 210 valence electrons. The summed E-state index contributed by atoms with van der Waals surface area (Å²) in [6.45, 7) is 4.10. The number of rotatable bonds is 8. The minimum atomic E-state index is -1.45. The lowest BCUT2D eigenvalue weighted by atomic mass is 10.1. The fourth-order valence-corrected chi connectivity index (χ4v) is 3.28. The van der Waals surface area contributed by atoms with Gasteiger partial charge in [0.1, 0.15) is 22.6 Å². The van der Waals surface area contributed by atoms with Crippen LogP contribution in [0.1, 0.15) is 56.8 Å². The van der Waals surface area contributed by atoms with Crippen LogP contribution in [0, 0.1) is 0 Å². The summed E-state index contributed by atoms with van der Waals surface area (Å²) < 4.78 is 0. The van der Waals surface area contributed by atoms with Gasteiger partial charge in [-0.2, -0.15) is 0 Å². The SMILES string of the molecule is CCc1ccccc1C=CC(=O)O.CCc1ccccc1C=CC(=O)O.O=C(O)c1cc(O)c(C(=O)O)cc1O. The van der Waals surface area contributed by atoms with Crippen molar-refractivity contribution in [1.82, 2.24) is 0 Å². The number of carboxylic acids is 4. The molecule has 0 radical (unpaired) electrons. The van der Waals surface area contributed by atoms with Crippen LogP contribution >= 0.6 is 0 Å². The maximum atomic E-state index is 10.4. The van der Waals surface area contributed by atoms with Gasteiger partial charge in [0, 0.05) is 12.2 Å². The van der Waals surface area contributed by atoms with Gasteiger partial charge in [0.15, 0.2) is 0 Å². The molecule has 0 fully saturated rings. The number of aromatic hydroxyl groups is 2. The summed E-state index contributed by atoms with van der Waals surface area (Å²) in [6.07, 6.45) is 7.41. The molecule has 0 heterocycles. The van der Waals surface area contributed by atoms with Crippen LogP contribution in [0.4, 0.5) is 0 Å². The Morgan fingerprint density at radius 3 is 1.20 bits per heavy atom. The summed E-state index contributed by atoms with van der Waals surface area (Å²) in [5, 5.41) is 52.1. The van der Waals surface area contributed by atoms with E-state index in [-0.39, 0.29) is 0 Å². The zero-order valence-corrected chi connectivity index (χ0v) is 21.8. The van der Waals surface area contributed by atoms with Gasteiger partial charge < -0.3 is 30.6 Å². The van der Waals surface area contributed by atoms with Crippen molar-refractivity contribution in [2.24, 2.45) is 0 Å². The van der Waals surface area contributed by atoms with Crippen LogP contribution in [0.25, 0.3) is 12.2 Å². The molecule has 0 saturated heterocycles. The standard InChI is InChI=1S/2C11H12O2.C8H6O6/c2*1-2-9-5-3-4-6-10(9)7-8-11(12)13;9-5-1-3(7(11)12)6(10)2-4(5)8(13)14/h2*3-8H,2H2,1H3,(H,12,13);1-2,9-10H,(H,11,12)(H,13,14). The van der Waals surface area contributed by atoms with Gasteiger partial charge in [-0.15, -0.1) is 0 Å². The smallest absolute Gasteiger partial charge is 0.339 e. The van der Waals surface area contributed by atoms with Gasteiger partial charge in [-0.3, -0.25) is 0 Å². The van der Waals surface area contributed by atoms with E-state index in [0.717, 1.165) is 36.1 Å². The maximum absolute atomic E-state index is 10.4. The molecule has 0 aromatic heterocycles. The van der Waals surface area contributed by atoms with Gasteiger partial charge in [-0.05, 0) is 59.4 Å². The highest BCUT2D eigenvalue weighted by Crippen LogP contribution is 2.27. The van der Waals surface area contributed by atoms with Crippen LogP contribution in [-0.4, -0.2) is 54.5 Å². The van der Waals surface area contributed by atoms with Gasteiger partial charge in [0.2, 0.25) is 0 Å². The van der Waals surface area contributed by atoms with Gasteiger partial charge in [0.25, 0.3) is 0 Å². The fraction of sp³-hybridized carbons (Fsp3) is 0.133. The molecule has 3 rings (SSSR count). The molecular formula is C30H30O10. The molecule has 10 nitrogen and oxygen atoms in total. The first-order valence-electron chi connectivity index (χ1n) is 11.9. The number of hydrogen-bond donors (Lipinski definition) is 6. The first-order valence-corrected chi connectivity index (χ1v) is 11.9. The van der Waals surface area contributed by atoms with Gasteiger partial charge in [-0.1, -0.05) is 62.4 Å². The molecule has 10 heteroatoms. The van der Waals surface area contributed by atoms with E-state index in [4.69, 9.17) is 30.6 Å². The Labute approximate surface area is 230 Å². The van der Waals surface area contributed by atoms with E-state index >= 15 is 0 Å². The third kappa shape index (κ3) is 10.9. The van der Waals surface area contributed by atoms with E-state index in [1.807, 2.05) is 62.4 Å². The quantitative estimate of drug-likeness (QED) is 0.161. The van der Waals surface area contributed by atoms with Crippen LogP contribution in [0.5, 0.6) is 11.5 Å². The van der Waals surface area contributed by atoms with Crippen molar-refractivity contribution >= 4 is 36.0 Å². The van der Waals surface area contributed by atoms with E-state index in [0.29, 0.717) is 12.1 Å². The topological polar surface area (TPSA) is 190 Å². The first-order chi connectivity index (χ1) is 18.9. The van der Waals surface area contributed by atoms with Crippen molar-refractivity contribution in [3.63, 3.8) is 0 Å².